The molecule has 0 saturated heterocycles. The van der Waals surface area contributed by atoms with Gasteiger partial charge in [-0.1, -0.05) is 28.1 Å². The molecule has 0 aliphatic carbocycles. The van der Waals surface area contributed by atoms with Crippen molar-refractivity contribution in [1.82, 2.24) is 0 Å². The van der Waals surface area contributed by atoms with Gasteiger partial charge >= 0.3 is 0 Å². The first-order valence-corrected chi connectivity index (χ1v) is 7.34. The van der Waals surface area contributed by atoms with Crippen molar-refractivity contribution in [2.45, 2.75) is 13.5 Å². The molecule has 0 aromatic heterocycles. The van der Waals surface area contributed by atoms with E-state index in [0.29, 0.717) is 5.75 Å². The van der Waals surface area contributed by atoms with Gasteiger partial charge in [-0.05, 0) is 48.4 Å². The Kier molecular flexibility index (Phi) is 5.22. The molecule has 0 heterocycles. The van der Waals surface area contributed by atoms with E-state index < -0.39 is 5.91 Å². The highest BCUT2D eigenvalue weighted by Gasteiger charge is 2.01. The highest BCUT2D eigenvalue weighted by molar-refractivity contribution is 9.10. The molecule has 0 unspecified atom stereocenters. The minimum absolute atomic E-state index is 0.102. The molecule has 2 aromatic carbocycles. The molecular weight excluding hydrogens is 332 g/mol. The van der Waals surface area contributed by atoms with Gasteiger partial charge in [-0.15, -0.1) is 0 Å². The molecule has 0 radical (unpaired) electrons. The standard InChI is InChI=1S/C16H17BrN2O2/c1-11-8-13(17)4-7-15(11)19-9-12-2-5-14(6-3-12)21-10-16(18)20/h2-8,19H,9-10H2,1H3,(H2,18,20). The summed E-state index contributed by atoms with van der Waals surface area (Å²) in [5, 5.41) is 3.39. The Morgan fingerprint density at radius 2 is 1.95 bits per heavy atom. The predicted octanol–water partition coefficient (Wildman–Crippen LogP) is 3.23. The Morgan fingerprint density at radius 1 is 1.24 bits per heavy atom. The summed E-state index contributed by atoms with van der Waals surface area (Å²) >= 11 is 3.45. The Balaban J connectivity index is 1.92. The number of nitrogens with two attached hydrogens (primary N) is 1. The molecule has 0 fully saturated rings. The summed E-state index contributed by atoms with van der Waals surface area (Å²) in [6.07, 6.45) is 0. The van der Waals surface area contributed by atoms with Crippen LogP contribution in [0.15, 0.2) is 46.9 Å². The predicted molar refractivity (Wildman–Crippen MR) is 87.3 cm³/mol. The smallest absolute Gasteiger partial charge is 0.255 e. The fraction of sp³-hybridized carbons (Fsp3) is 0.188. The van der Waals surface area contributed by atoms with Crippen molar-refractivity contribution in [3.63, 3.8) is 0 Å². The van der Waals surface area contributed by atoms with E-state index in [1.807, 2.05) is 36.4 Å². The van der Waals surface area contributed by atoms with Crippen molar-refractivity contribution < 1.29 is 9.53 Å². The van der Waals surface area contributed by atoms with Crippen molar-refractivity contribution in [1.29, 1.82) is 0 Å². The normalized spacial score (nSPS) is 10.2. The maximum absolute atomic E-state index is 10.6. The maximum atomic E-state index is 10.6. The summed E-state index contributed by atoms with van der Waals surface area (Å²) in [4.78, 5) is 10.6. The van der Waals surface area contributed by atoms with Gasteiger partial charge < -0.3 is 15.8 Å². The Hall–Kier alpha value is -2.01. The summed E-state index contributed by atoms with van der Waals surface area (Å²) in [6, 6.07) is 13.7. The topological polar surface area (TPSA) is 64.3 Å². The lowest BCUT2D eigenvalue weighted by Crippen LogP contribution is -2.19. The molecule has 2 rings (SSSR count). The van der Waals surface area contributed by atoms with Gasteiger partial charge in [0.2, 0.25) is 0 Å². The molecule has 21 heavy (non-hydrogen) atoms. The lowest BCUT2D eigenvalue weighted by atomic mass is 10.1. The van der Waals surface area contributed by atoms with Gasteiger partial charge in [-0.2, -0.15) is 0 Å². The van der Waals surface area contributed by atoms with Gasteiger partial charge in [0.25, 0.3) is 5.91 Å². The zero-order valence-corrected chi connectivity index (χ0v) is 13.3. The first-order valence-electron chi connectivity index (χ1n) is 6.54. The van der Waals surface area contributed by atoms with Crippen molar-refractivity contribution in [2.75, 3.05) is 11.9 Å². The second kappa shape index (κ2) is 7.13. The van der Waals surface area contributed by atoms with Gasteiger partial charge in [0, 0.05) is 16.7 Å². The SMILES string of the molecule is Cc1cc(Br)ccc1NCc1ccc(OCC(N)=O)cc1. The number of hydrogen-bond acceptors (Lipinski definition) is 3. The van der Waals surface area contributed by atoms with E-state index in [9.17, 15) is 4.79 Å². The van der Waals surface area contributed by atoms with Crippen LogP contribution in [0, 0.1) is 6.92 Å². The van der Waals surface area contributed by atoms with Crippen LogP contribution in [0.1, 0.15) is 11.1 Å². The van der Waals surface area contributed by atoms with Gasteiger partial charge in [0.05, 0.1) is 0 Å². The van der Waals surface area contributed by atoms with Crippen LogP contribution in [-0.4, -0.2) is 12.5 Å². The van der Waals surface area contributed by atoms with E-state index in [1.165, 1.54) is 5.56 Å². The molecule has 4 nitrogen and oxygen atoms in total. The highest BCUT2D eigenvalue weighted by Crippen LogP contribution is 2.21. The zero-order valence-electron chi connectivity index (χ0n) is 11.7. The number of amides is 1. The number of hydrogen-bond donors (Lipinski definition) is 2. The molecule has 0 atom stereocenters. The zero-order chi connectivity index (χ0) is 15.2. The molecule has 110 valence electrons. The maximum Gasteiger partial charge on any atom is 0.255 e. The minimum atomic E-state index is -0.480. The Labute approximate surface area is 132 Å². The minimum Gasteiger partial charge on any atom is -0.484 e. The monoisotopic (exact) mass is 348 g/mol. The van der Waals surface area contributed by atoms with Crippen molar-refractivity contribution in [3.8, 4) is 5.75 Å². The fourth-order valence-electron chi connectivity index (χ4n) is 1.88. The summed E-state index contributed by atoms with van der Waals surface area (Å²) in [5.74, 6) is 0.156. The Bertz CT molecular complexity index is 627. The molecule has 3 N–H and O–H groups in total. The summed E-state index contributed by atoms with van der Waals surface area (Å²) in [6.45, 7) is 2.68. The third-order valence-electron chi connectivity index (χ3n) is 2.98. The van der Waals surface area contributed by atoms with Gasteiger partial charge in [0.15, 0.2) is 6.61 Å². The van der Waals surface area contributed by atoms with Crippen LogP contribution >= 0.6 is 15.9 Å². The number of carbonyl (C=O) groups is 1. The second-order valence-electron chi connectivity index (χ2n) is 4.71. The number of ether oxygens (including phenoxy) is 1. The molecule has 2 aromatic rings. The first kappa shape index (κ1) is 15.4. The van der Waals surface area contributed by atoms with Crippen LogP contribution in [0.2, 0.25) is 0 Å². The summed E-state index contributed by atoms with van der Waals surface area (Å²) in [5.41, 5.74) is 8.45. The largest absolute Gasteiger partial charge is 0.484 e. The van der Waals surface area contributed by atoms with E-state index in [1.54, 1.807) is 0 Å². The van der Waals surface area contributed by atoms with Crippen LogP contribution in [0.5, 0.6) is 5.75 Å². The van der Waals surface area contributed by atoms with Gasteiger partial charge in [0.1, 0.15) is 5.75 Å². The molecule has 0 aliphatic rings. The summed E-state index contributed by atoms with van der Waals surface area (Å²) < 4.78 is 6.29. The molecule has 0 saturated carbocycles. The molecule has 0 bridgehead atoms. The number of aryl methyl sites for hydroxylation is 1. The van der Waals surface area contributed by atoms with Crippen LogP contribution in [-0.2, 0) is 11.3 Å². The third-order valence-corrected chi connectivity index (χ3v) is 3.47. The van der Waals surface area contributed by atoms with Crippen LogP contribution in [0.3, 0.4) is 0 Å². The third kappa shape index (κ3) is 4.79. The van der Waals surface area contributed by atoms with Crippen LogP contribution < -0.4 is 15.8 Å². The number of nitrogens with one attached hydrogen (secondary N) is 1. The Morgan fingerprint density at radius 3 is 2.57 bits per heavy atom. The molecule has 1 amide bonds. The van der Waals surface area contributed by atoms with E-state index in [-0.39, 0.29) is 6.61 Å². The number of benzene rings is 2. The van der Waals surface area contributed by atoms with Gasteiger partial charge in [-0.25, -0.2) is 0 Å². The average molecular weight is 349 g/mol. The summed E-state index contributed by atoms with van der Waals surface area (Å²) in [7, 11) is 0. The van der Waals surface area contributed by atoms with Gasteiger partial charge in [-0.3, -0.25) is 4.79 Å². The van der Waals surface area contributed by atoms with Crippen LogP contribution in [0.4, 0.5) is 5.69 Å². The number of anilines is 1. The second-order valence-corrected chi connectivity index (χ2v) is 5.63. The number of carbonyl (C=O) groups excluding carboxylic acids is 1. The number of halogens is 1. The van der Waals surface area contributed by atoms with E-state index in [4.69, 9.17) is 10.5 Å². The van der Waals surface area contributed by atoms with E-state index in [0.717, 1.165) is 22.3 Å². The lowest BCUT2D eigenvalue weighted by molar-refractivity contribution is -0.119. The van der Waals surface area contributed by atoms with Crippen molar-refractivity contribution in [3.05, 3.63) is 58.1 Å². The average Bonchev–Trinajstić information content (AvgIpc) is 2.45. The first-order chi connectivity index (χ1) is 10.0. The number of rotatable bonds is 6. The quantitative estimate of drug-likeness (QED) is 0.842. The highest BCUT2D eigenvalue weighted by atomic mass is 79.9. The molecule has 5 heteroatoms. The van der Waals surface area contributed by atoms with E-state index >= 15 is 0 Å². The lowest BCUT2D eigenvalue weighted by Gasteiger charge is -2.10. The molecule has 0 aliphatic heterocycles. The fourth-order valence-corrected chi connectivity index (χ4v) is 2.36. The molecule has 0 spiro atoms. The van der Waals surface area contributed by atoms with Crippen molar-refractivity contribution >= 4 is 27.5 Å². The van der Waals surface area contributed by atoms with E-state index in [2.05, 4.69) is 34.2 Å². The number of primary amides is 1. The van der Waals surface area contributed by atoms with Crippen LogP contribution in [0.25, 0.3) is 0 Å². The van der Waals surface area contributed by atoms with Crippen molar-refractivity contribution in [2.24, 2.45) is 5.73 Å². The molecular formula is C16H17BrN2O2.